The minimum atomic E-state index is -3.50. The molecule has 7 heteroatoms. The van der Waals surface area contributed by atoms with Crippen molar-refractivity contribution in [1.82, 2.24) is 9.79 Å². The molecule has 0 radical (unpaired) electrons. The largest absolute Gasteiger partial charge is 0.274 e. The summed E-state index contributed by atoms with van der Waals surface area (Å²) >= 11 is 0. The number of benzene rings is 1. The number of hydroxylamine groups is 1. The van der Waals surface area contributed by atoms with E-state index in [9.17, 15) is 13.2 Å². The maximum atomic E-state index is 12.7. The van der Waals surface area contributed by atoms with Crippen LogP contribution in [0.3, 0.4) is 0 Å². The molecule has 0 aliphatic carbocycles. The van der Waals surface area contributed by atoms with Gasteiger partial charge in [0.2, 0.25) is 10.0 Å². The molecular weight excluding hydrogens is 304 g/mol. The number of rotatable bonds is 5. The van der Waals surface area contributed by atoms with Crippen molar-refractivity contribution < 1.29 is 18.0 Å². The highest BCUT2D eigenvalue weighted by Gasteiger charge is 2.30. The van der Waals surface area contributed by atoms with Crippen molar-refractivity contribution in [2.24, 2.45) is 0 Å². The van der Waals surface area contributed by atoms with Crippen LogP contribution in [0, 0.1) is 0 Å². The van der Waals surface area contributed by atoms with E-state index < -0.39 is 15.9 Å². The van der Waals surface area contributed by atoms with E-state index in [1.807, 2.05) is 6.92 Å². The van der Waals surface area contributed by atoms with Crippen molar-refractivity contribution in [3.8, 4) is 0 Å². The highest BCUT2D eigenvalue weighted by Crippen LogP contribution is 2.25. The minimum absolute atomic E-state index is 0.0136. The number of nitrogens with zero attached hydrogens (tertiary/aromatic N) is 1. The first-order valence-electron chi connectivity index (χ1n) is 7.51. The fraction of sp³-hybridized carbons (Fsp3) is 0.533. The SMILES string of the molecule is CCONC(=O)c1ccc(S(=O)(=O)N2CCCCC2C)cc1. The normalized spacial score (nSPS) is 19.8. The van der Waals surface area contributed by atoms with Gasteiger partial charge in [-0.3, -0.25) is 9.63 Å². The average molecular weight is 326 g/mol. The smallest absolute Gasteiger partial charge is 0.274 e. The maximum Gasteiger partial charge on any atom is 0.274 e. The summed E-state index contributed by atoms with van der Waals surface area (Å²) in [6.07, 6.45) is 2.83. The maximum absolute atomic E-state index is 12.7. The summed E-state index contributed by atoms with van der Waals surface area (Å²) in [7, 11) is -3.50. The number of hydrogen-bond donors (Lipinski definition) is 1. The van der Waals surface area contributed by atoms with Gasteiger partial charge in [0, 0.05) is 18.2 Å². The topological polar surface area (TPSA) is 75.7 Å². The van der Waals surface area contributed by atoms with Crippen LogP contribution in [0.1, 0.15) is 43.5 Å². The van der Waals surface area contributed by atoms with E-state index in [1.54, 1.807) is 11.2 Å². The Bertz CT molecular complexity index is 613. The Balaban J connectivity index is 2.16. The van der Waals surface area contributed by atoms with Crippen molar-refractivity contribution >= 4 is 15.9 Å². The quantitative estimate of drug-likeness (QED) is 0.839. The Morgan fingerprint density at radius 3 is 2.59 bits per heavy atom. The standard InChI is InChI=1S/C15H22N2O4S/c1-3-21-16-15(18)13-7-9-14(10-8-13)22(19,20)17-11-5-4-6-12(17)2/h7-10,12H,3-6,11H2,1-2H3,(H,16,18). The van der Waals surface area contributed by atoms with Crippen LogP contribution in [0.15, 0.2) is 29.2 Å². The summed E-state index contributed by atoms with van der Waals surface area (Å²) in [4.78, 5) is 16.8. The molecule has 1 aliphatic rings. The van der Waals surface area contributed by atoms with Crippen molar-refractivity contribution in [2.45, 2.75) is 44.0 Å². The highest BCUT2D eigenvalue weighted by molar-refractivity contribution is 7.89. The molecule has 1 fully saturated rings. The lowest BCUT2D eigenvalue weighted by molar-refractivity contribution is 0.0364. The summed E-state index contributed by atoms with van der Waals surface area (Å²) in [6, 6.07) is 5.94. The molecule has 122 valence electrons. The molecule has 0 bridgehead atoms. The molecule has 1 saturated heterocycles. The number of piperidine rings is 1. The molecule has 0 aromatic heterocycles. The second-order valence-electron chi connectivity index (χ2n) is 5.35. The average Bonchev–Trinajstić information content (AvgIpc) is 2.53. The van der Waals surface area contributed by atoms with Crippen LogP contribution in [0.2, 0.25) is 0 Å². The zero-order chi connectivity index (χ0) is 16.2. The van der Waals surface area contributed by atoms with Gasteiger partial charge in [-0.15, -0.1) is 0 Å². The molecular formula is C15H22N2O4S. The number of nitrogens with one attached hydrogen (secondary N) is 1. The summed E-state index contributed by atoms with van der Waals surface area (Å²) in [5.41, 5.74) is 2.64. The first-order valence-corrected chi connectivity index (χ1v) is 8.95. The Kier molecular flexibility index (Phi) is 5.55. The van der Waals surface area contributed by atoms with E-state index in [1.165, 1.54) is 24.3 Å². The van der Waals surface area contributed by atoms with Crippen LogP contribution in [-0.2, 0) is 14.9 Å². The van der Waals surface area contributed by atoms with Crippen molar-refractivity contribution in [1.29, 1.82) is 0 Å². The number of amides is 1. The molecule has 1 amide bonds. The van der Waals surface area contributed by atoms with E-state index in [2.05, 4.69) is 5.48 Å². The van der Waals surface area contributed by atoms with E-state index in [0.717, 1.165) is 19.3 Å². The molecule has 1 aromatic rings. The third kappa shape index (κ3) is 3.66. The fourth-order valence-corrected chi connectivity index (χ4v) is 4.24. The van der Waals surface area contributed by atoms with E-state index >= 15 is 0 Å². The number of hydrogen-bond acceptors (Lipinski definition) is 4. The fourth-order valence-electron chi connectivity index (χ4n) is 2.54. The zero-order valence-corrected chi connectivity index (χ0v) is 13.7. The molecule has 1 aliphatic heterocycles. The molecule has 1 N–H and O–H groups in total. The van der Waals surface area contributed by atoms with Crippen molar-refractivity contribution in [2.75, 3.05) is 13.2 Å². The monoisotopic (exact) mass is 326 g/mol. The predicted molar refractivity (Wildman–Crippen MR) is 82.7 cm³/mol. The van der Waals surface area contributed by atoms with Crippen molar-refractivity contribution in [3.63, 3.8) is 0 Å². The van der Waals surface area contributed by atoms with Crippen LogP contribution in [0.25, 0.3) is 0 Å². The molecule has 22 heavy (non-hydrogen) atoms. The van der Waals surface area contributed by atoms with Crippen LogP contribution in [-0.4, -0.2) is 37.8 Å². The van der Waals surface area contributed by atoms with Gasteiger partial charge in [0.1, 0.15) is 0 Å². The molecule has 0 saturated carbocycles. The first-order chi connectivity index (χ1) is 10.5. The van der Waals surface area contributed by atoms with Gasteiger partial charge in [0.05, 0.1) is 11.5 Å². The lowest BCUT2D eigenvalue weighted by Gasteiger charge is -2.32. The summed E-state index contributed by atoms with van der Waals surface area (Å²) in [5, 5.41) is 0. The Labute approximate surface area is 131 Å². The lowest BCUT2D eigenvalue weighted by Crippen LogP contribution is -2.41. The molecule has 2 rings (SSSR count). The van der Waals surface area contributed by atoms with E-state index in [4.69, 9.17) is 4.84 Å². The Hall–Kier alpha value is -1.44. The molecule has 1 atom stereocenters. The minimum Gasteiger partial charge on any atom is -0.274 e. The third-order valence-electron chi connectivity index (χ3n) is 3.77. The highest BCUT2D eigenvalue weighted by atomic mass is 32.2. The Morgan fingerprint density at radius 2 is 2.00 bits per heavy atom. The number of carbonyl (C=O) groups excluding carboxylic acids is 1. The van der Waals surface area contributed by atoms with Crippen LogP contribution < -0.4 is 5.48 Å². The molecule has 6 nitrogen and oxygen atoms in total. The molecule has 0 spiro atoms. The van der Waals surface area contributed by atoms with Crippen molar-refractivity contribution in [3.05, 3.63) is 29.8 Å². The van der Waals surface area contributed by atoms with Crippen LogP contribution in [0.4, 0.5) is 0 Å². The lowest BCUT2D eigenvalue weighted by atomic mass is 10.1. The van der Waals surface area contributed by atoms with Crippen LogP contribution >= 0.6 is 0 Å². The summed E-state index contributed by atoms with van der Waals surface area (Å²) in [5.74, 6) is -0.392. The summed E-state index contributed by atoms with van der Waals surface area (Å²) in [6.45, 7) is 4.61. The predicted octanol–water partition coefficient (Wildman–Crippen LogP) is 1.93. The zero-order valence-electron chi connectivity index (χ0n) is 12.9. The van der Waals surface area contributed by atoms with Gasteiger partial charge in [-0.05, 0) is 51.0 Å². The summed E-state index contributed by atoms with van der Waals surface area (Å²) < 4.78 is 26.9. The molecule has 1 heterocycles. The number of carbonyl (C=O) groups is 1. The second-order valence-corrected chi connectivity index (χ2v) is 7.24. The van der Waals surface area contributed by atoms with Gasteiger partial charge in [-0.2, -0.15) is 4.31 Å². The number of sulfonamides is 1. The third-order valence-corrected chi connectivity index (χ3v) is 5.80. The van der Waals surface area contributed by atoms with Crippen LogP contribution in [0.5, 0.6) is 0 Å². The molecule has 1 unspecified atom stereocenters. The van der Waals surface area contributed by atoms with Gasteiger partial charge in [0.15, 0.2) is 0 Å². The first kappa shape index (κ1) is 16.9. The van der Waals surface area contributed by atoms with Gasteiger partial charge >= 0.3 is 0 Å². The van der Waals surface area contributed by atoms with Gasteiger partial charge in [-0.25, -0.2) is 13.9 Å². The molecule has 1 aromatic carbocycles. The second kappa shape index (κ2) is 7.21. The van der Waals surface area contributed by atoms with Gasteiger partial charge < -0.3 is 0 Å². The van der Waals surface area contributed by atoms with Gasteiger partial charge in [-0.1, -0.05) is 6.42 Å². The van der Waals surface area contributed by atoms with E-state index in [0.29, 0.717) is 18.7 Å². The van der Waals surface area contributed by atoms with Gasteiger partial charge in [0.25, 0.3) is 5.91 Å². The van der Waals surface area contributed by atoms with E-state index in [-0.39, 0.29) is 10.9 Å². The Morgan fingerprint density at radius 1 is 1.32 bits per heavy atom.